The topological polar surface area (TPSA) is 46.9 Å². The van der Waals surface area contributed by atoms with Gasteiger partial charge in [-0.2, -0.15) is 5.10 Å². The number of nitrogens with one attached hydrogen (secondary N) is 1. The molecule has 2 rings (SSSR count). The van der Waals surface area contributed by atoms with Gasteiger partial charge in [-0.15, -0.1) is 0 Å². The highest BCUT2D eigenvalue weighted by Gasteiger charge is 2.11. The van der Waals surface area contributed by atoms with Crippen molar-refractivity contribution in [2.75, 3.05) is 0 Å². The van der Waals surface area contributed by atoms with E-state index in [-0.39, 0.29) is 5.91 Å². The van der Waals surface area contributed by atoms with Gasteiger partial charge in [0.05, 0.1) is 5.69 Å². The molecule has 0 saturated heterocycles. The fourth-order valence-electron chi connectivity index (χ4n) is 2.74. The van der Waals surface area contributed by atoms with Gasteiger partial charge < -0.3 is 5.32 Å². The van der Waals surface area contributed by atoms with Crippen LogP contribution in [0.25, 0.3) is 0 Å². The fourth-order valence-corrected chi connectivity index (χ4v) is 2.74. The first kappa shape index (κ1) is 16.3. The van der Waals surface area contributed by atoms with Crippen LogP contribution >= 0.6 is 0 Å². The average Bonchev–Trinajstić information content (AvgIpc) is 2.69. The van der Waals surface area contributed by atoms with E-state index >= 15 is 0 Å². The summed E-state index contributed by atoms with van der Waals surface area (Å²) in [5.41, 5.74) is 6.98. The molecule has 0 spiro atoms. The lowest BCUT2D eigenvalue weighted by Gasteiger charge is -2.09. The monoisotopic (exact) mass is 299 g/mol. The molecule has 118 valence electrons. The largest absolute Gasteiger partial charge is 0.352 e. The van der Waals surface area contributed by atoms with Crippen LogP contribution in [0.2, 0.25) is 0 Å². The summed E-state index contributed by atoms with van der Waals surface area (Å²) in [6.45, 7) is 8.79. The Morgan fingerprint density at radius 1 is 1.23 bits per heavy atom. The summed E-state index contributed by atoms with van der Waals surface area (Å²) in [6.07, 6.45) is 1.24. The van der Waals surface area contributed by atoms with Crippen molar-refractivity contribution in [2.45, 2.75) is 47.1 Å². The smallest absolute Gasteiger partial charge is 0.220 e. The van der Waals surface area contributed by atoms with Crippen molar-refractivity contribution in [3.8, 4) is 0 Å². The molecule has 0 aliphatic rings. The van der Waals surface area contributed by atoms with Gasteiger partial charge in [0.15, 0.2) is 0 Å². The number of hydrogen-bond donors (Lipinski definition) is 1. The molecule has 4 heteroatoms. The van der Waals surface area contributed by atoms with Crippen molar-refractivity contribution in [3.05, 3.63) is 51.8 Å². The number of amides is 1. The zero-order chi connectivity index (χ0) is 16.3. The average molecular weight is 299 g/mol. The molecule has 0 bridgehead atoms. The van der Waals surface area contributed by atoms with Crippen molar-refractivity contribution >= 4 is 5.91 Å². The van der Waals surface area contributed by atoms with Crippen molar-refractivity contribution in [2.24, 2.45) is 7.05 Å². The summed E-state index contributed by atoms with van der Waals surface area (Å²) >= 11 is 0. The first-order valence-corrected chi connectivity index (χ1v) is 7.70. The number of aromatic nitrogens is 2. The first-order chi connectivity index (χ1) is 10.4. The quantitative estimate of drug-likeness (QED) is 0.923. The Balaban J connectivity index is 1.88. The number of benzene rings is 1. The molecule has 0 saturated carbocycles. The van der Waals surface area contributed by atoms with E-state index < -0.39 is 0 Å². The van der Waals surface area contributed by atoms with Crippen LogP contribution in [0.3, 0.4) is 0 Å². The number of aryl methyl sites for hydroxylation is 4. The summed E-state index contributed by atoms with van der Waals surface area (Å²) in [4.78, 5) is 12.1. The van der Waals surface area contributed by atoms with Crippen LogP contribution in [0, 0.1) is 27.7 Å². The minimum absolute atomic E-state index is 0.0858. The van der Waals surface area contributed by atoms with Gasteiger partial charge in [0.25, 0.3) is 0 Å². The Hall–Kier alpha value is -2.10. The molecule has 0 fully saturated rings. The molecular formula is C18H25N3O. The number of hydrogen-bond acceptors (Lipinski definition) is 2. The van der Waals surface area contributed by atoms with Gasteiger partial charge in [-0.3, -0.25) is 9.48 Å². The van der Waals surface area contributed by atoms with E-state index in [1.54, 1.807) is 0 Å². The van der Waals surface area contributed by atoms with Gasteiger partial charge in [-0.1, -0.05) is 23.8 Å². The van der Waals surface area contributed by atoms with E-state index in [2.05, 4.69) is 42.5 Å². The predicted molar refractivity (Wildman–Crippen MR) is 88.8 cm³/mol. The molecule has 1 heterocycles. The molecule has 0 unspecified atom stereocenters. The van der Waals surface area contributed by atoms with Crippen molar-refractivity contribution in [1.29, 1.82) is 0 Å². The van der Waals surface area contributed by atoms with E-state index in [0.717, 1.165) is 17.8 Å². The Kier molecular flexibility index (Phi) is 5.01. The standard InChI is InChI=1S/C18H25N3O/c1-12-6-7-16(13(2)10-12)11-19-18(22)9-8-17-14(3)20-21(5)15(17)4/h6-7,10H,8-9,11H2,1-5H3,(H,19,22). The van der Waals surface area contributed by atoms with Gasteiger partial charge >= 0.3 is 0 Å². The molecule has 1 aromatic carbocycles. The minimum Gasteiger partial charge on any atom is -0.352 e. The number of nitrogens with zero attached hydrogens (tertiary/aromatic N) is 2. The van der Waals surface area contributed by atoms with Crippen LogP contribution in [-0.2, 0) is 24.8 Å². The van der Waals surface area contributed by atoms with Crippen LogP contribution in [0.15, 0.2) is 18.2 Å². The Morgan fingerprint density at radius 3 is 2.55 bits per heavy atom. The highest BCUT2D eigenvalue weighted by molar-refractivity contribution is 5.76. The second-order valence-corrected chi connectivity index (χ2v) is 5.98. The number of carbonyl (C=O) groups excluding carboxylic acids is 1. The van der Waals surface area contributed by atoms with Gasteiger partial charge in [0.1, 0.15) is 0 Å². The third-order valence-corrected chi connectivity index (χ3v) is 4.24. The predicted octanol–water partition coefficient (Wildman–Crippen LogP) is 2.90. The maximum absolute atomic E-state index is 12.1. The molecule has 22 heavy (non-hydrogen) atoms. The van der Waals surface area contributed by atoms with Gasteiger partial charge in [0.2, 0.25) is 5.91 Å². The molecule has 0 atom stereocenters. The SMILES string of the molecule is Cc1ccc(CNC(=O)CCc2c(C)nn(C)c2C)c(C)c1. The van der Waals surface area contributed by atoms with Crippen molar-refractivity contribution in [3.63, 3.8) is 0 Å². The second kappa shape index (κ2) is 6.77. The van der Waals surface area contributed by atoms with Crippen LogP contribution in [-0.4, -0.2) is 15.7 Å². The molecule has 0 aliphatic carbocycles. The summed E-state index contributed by atoms with van der Waals surface area (Å²) in [7, 11) is 1.94. The number of carbonyl (C=O) groups is 1. The lowest BCUT2D eigenvalue weighted by atomic mass is 10.1. The van der Waals surface area contributed by atoms with Crippen molar-refractivity contribution < 1.29 is 4.79 Å². The summed E-state index contributed by atoms with van der Waals surface area (Å²) < 4.78 is 1.87. The van der Waals surface area contributed by atoms with Gasteiger partial charge in [-0.25, -0.2) is 0 Å². The second-order valence-electron chi connectivity index (χ2n) is 5.98. The summed E-state index contributed by atoms with van der Waals surface area (Å²) in [6, 6.07) is 6.31. The Bertz CT molecular complexity index is 686. The van der Waals surface area contributed by atoms with E-state index in [9.17, 15) is 4.79 Å². The lowest BCUT2D eigenvalue weighted by molar-refractivity contribution is -0.121. The molecule has 1 aromatic heterocycles. The molecule has 2 aromatic rings. The number of rotatable bonds is 5. The molecular weight excluding hydrogens is 274 g/mol. The third kappa shape index (κ3) is 3.75. The minimum atomic E-state index is 0.0858. The van der Waals surface area contributed by atoms with E-state index in [4.69, 9.17) is 0 Å². The Labute approximate surface area is 132 Å². The summed E-state index contributed by atoms with van der Waals surface area (Å²) in [5, 5.41) is 7.40. The maximum Gasteiger partial charge on any atom is 0.220 e. The fraction of sp³-hybridized carbons (Fsp3) is 0.444. The maximum atomic E-state index is 12.1. The van der Waals surface area contributed by atoms with Crippen LogP contribution < -0.4 is 5.32 Å². The molecule has 0 aliphatic heterocycles. The van der Waals surface area contributed by atoms with E-state index in [0.29, 0.717) is 13.0 Å². The van der Waals surface area contributed by atoms with Crippen LogP contribution in [0.5, 0.6) is 0 Å². The van der Waals surface area contributed by atoms with Gasteiger partial charge in [0, 0.05) is 25.7 Å². The molecule has 1 amide bonds. The zero-order valence-electron chi connectivity index (χ0n) is 14.2. The van der Waals surface area contributed by atoms with Gasteiger partial charge in [-0.05, 0) is 50.8 Å². The van der Waals surface area contributed by atoms with E-state index in [1.165, 1.54) is 22.3 Å². The normalized spacial score (nSPS) is 10.8. The third-order valence-electron chi connectivity index (χ3n) is 4.24. The van der Waals surface area contributed by atoms with E-state index in [1.807, 2.05) is 25.6 Å². The highest BCUT2D eigenvalue weighted by atomic mass is 16.1. The molecule has 0 radical (unpaired) electrons. The summed E-state index contributed by atoms with van der Waals surface area (Å²) in [5.74, 6) is 0.0858. The molecule has 4 nitrogen and oxygen atoms in total. The first-order valence-electron chi connectivity index (χ1n) is 7.70. The van der Waals surface area contributed by atoms with Crippen LogP contribution in [0.4, 0.5) is 0 Å². The lowest BCUT2D eigenvalue weighted by Crippen LogP contribution is -2.23. The van der Waals surface area contributed by atoms with Crippen molar-refractivity contribution in [1.82, 2.24) is 15.1 Å². The van der Waals surface area contributed by atoms with Crippen LogP contribution in [0.1, 0.15) is 40.1 Å². The molecule has 1 N–H and O–H groups in total. The Morgan fingerprint density at radius 2 is 1.95 bits per heavy atom. The zero-order valence-corrected chi connectivity index (χ0v) is 14.2. The highest BCUT2D eigenvalue weighted by Crippen LogP contribution is 2.14.